The van der Waals surface area contributed by atoms with Crippen molar-refractivity contribution >= 4 is 21.8 Å². The Bertz CT molecular complexity index is 484. The summed E-state index contributed by atoms with van der Waals surface area (Å²) in [6.07, 6.45) is 4.74. The Labute approximate surface area is 127 Å². The molecule has 0 spiro atoms. The van der Waals surface area contributed by atoms with Crippen molar-refractivity contribution < 1.29 is 14.6 Å². The molecule has 2 N–H and O–H groups in total. The van der Waals surface area contributed by atoms with E-state index in [-0.39, 0.29) is 17.1 Å². The van der Waals surface area contributed by atoms with Gasteiger partial charge in [-0.1, -0.05) is 28.8 Å². The van der Waals surface area contributed by atoms with Gasteiger partial charge in [0.1, 0.15) is 0 Å². The number of carbonyl (C=O) groups excluding carboxylic acids is 1. The molecule has 0 heterocycles. The Morgan fingerprint density at radius 2 is 2.15 bits per heavy atom. The molecule has 1 aliphatic rings. The maximum Gasteiger partial charge on any atom is 0.251 e. The first kappa shape index (κ1) is 15.2. The molecule has 0 unspecified atom stereocenters. The van der Waals surface area contributed by atoms with Crippen LogP contribution < -0.4 is 10.1 Å². The second-order valence-corrected chi connectivity index (χ2v) is 5.97. The van der Waals surface area contributed by atoms with Crippen molar-refractivity contribution in [2.24, 2.45) is 5.41 Å². The fourth-order valence-corrected chi connectivity index (χ4v) is 3.44. The molecule has 1 amide bonds. The van der Waals surface area contributed by atoms with Crippen molar-refractivity contribution in [2.45, 2.75) is 25.7 Å². The highest BCUT2D eigenvalue weighted by Gasteiger charge is 2.33. The normalized spacial score (nSPS) is 16.9. The number of nitrogens with one attached hydrogen (secondary N) is 1. The Morgan fingerprint density at radius 1 is 1.45 bits per heavy atom. The van der Waals surface area contributed by atoms with Gasteiger partial charge in [0.25, 0.3) is 5.91 Å². The predicted octanol–water partition coefficient (Wildman–Crippen LogP) is 3.09. The zero-order chi connectivity index (χ0) is 14.6. The number of ether oxygens (including phenoxy) is 1. The predicted molar refractivity (Wildman–Crippen MR) is 81.7 cm³/mol. The molecule has 0 atom stereocenters. The van der Waals surface area contributed by atoms with Gasteiger partial charge in [-0.3, -0.25) is 4.79 Å². The number of rotatable bonds is 5. The summed E-state index contributed by atoms with van der Waals surface area (Å²) in [4.78, 5) is 12.1. The molecule has 0 bridgehead atoms. The molecule has 2 rings (SSSR count). The van der Waals surface area contributed by atoms with E-state index in [4.69, 9.17) is 4.74 Å². The highest BCUT2D eigenvalue weighted by molar-refractivity contribution is 9.09. The highest BCUT2D eigenvalue weighted by atomic mass is 79.9. The van der Waals surface area contributed by atoms with Crippen LogP contribution in [0.15, 0.2) is 18.2 Å². The fourth-order valence-electron chi connectivity index (χ4n) is 2.68. The van der Waals surface area contributed by atoms with Crippen LogP contribution in [-0.4, -0.2) is 30.0 Å². The number of phenolic OH excluding ortho intramolecular Hbond substituents is 1. The SMILES string of the molecule is COc1ccc(C(=O)NCC2(CBr)CCCC2)cc1O. The van der Waals surface area contributed by atoms with E-state index in [0.717, 1.165) is 18.2 Å². The molecule has 0 aliphatic heterocycles. The molecule has 20 heavy (non-hydrogen) atoms. The maximum atomic E-state index is 12.1. The maximum absolute atomic E-state index is 12.1. The molecule has 1 fully saturated rings. The standard InChI is InChI=1S/C15H20BrNO3/c1-20-13-5-4-11(8-12(13)18)14(19)17-10-15(9-16)6-2-3-7-15/h4-5,8,18H,2-3,6-7,9-10H2,1H3,(H,17,19). The third-order valence-electron chi connectivity index (χ3n) is 4.01. The third kappa shape index (κ3) is 3.26. The summed E-state index contributed by atoms with van der Waals surface area (Å²) in [5, 5.41) is 13.6. The molecule has 0 aromatic heterocycles. The van der Waals surface area contributed by atoms with Crippen molar-refractivity contribution in [3.63, 3.8) is 0 Å². The van der Waals surface area contributed by atoms with Gasteiger partial charge in [-0.2, -0.15) is 0 Å². The Balaban J connectivity index is 1.99. The Kier molecular flexibility index (Phi) is 4.91. The van der Waals surface area contributed by atoms with Crippen LogP contribution in [0.3, 0.4) is 0 Å². The number of hydrogen-bond acceptors (Lipinski definition) is 3. The molecular formula is C15H20BrNO3. The van der Waals surface area contributed by atoms with Crippen molar-refractivity contribution in [3.05, 3.63) is 23.8 Å². The van der Waals surface area contributed by atoms with Crippen LogP contribution in [0.1, 0.15) is 36.0 Å². The van der Waals surface area contributed by atoms with Gasteiger partial charge in [-0.25, -0.2) is 0 Å². The number of phenols is 1. The van der Waals surface area contributed by atoms with Crippen LogP contribution in [0.2, 0.25) is 0 Å². The van der Waals surface area contributed by atoms with Crippen LogP contribution in [0.5, 0.6) is 11.5 Å². The summed E-state index contributed by atoms with van der Waals surface area (Å²) in [5.74, 6) is 0.195. The second kappa shape index (κ2) is 6.48. The summed E-state index contributed by atoms with van der Waals surface area (Å²) in [5.41, 5.74) is 0.635. The van der Waals surface area contributed by atoms with Gasteiger partial charge < -0.3 is 15.2 Å². The van der Waals surface area contributed by atoms with Gasteiger partial charge >= 0.3 is 0 Å². The van der Waals surface area contributed by atoms with Crippen LogP contribution >= 0.6 is 15.9 Å². The lowest BCUT2D eigenvalue weighted by Crippen LogP contribution is -2.37. The molecule has 5 heteroatoms. The summed E-state index contributed by atoms with van der Waals surface area (Å²) in [7, 11) is 1.48. The lowest BCUT2D eigenvalue weighted by atomic mass is 9.89. The van der Waals surface area contributed by atoms with Crippen LogP contribution in [-0.2, 0) is 0 Å². The zero-order valence-corrected chi connectivity index (χ0v) is 13.2. The zero-order valence-electron chi connectivity index (χ0n) is 11.6. The van der Waals surface area contributed by atoms with Crippen LogP contribution in [0, 0.1) is 5.41 Å². The number of halogens is 1. The van der Waals surface area contributed by atoms with E-state index in [1.165, 1.54) is 26.0 Å². The van der Waals surface area contributed by atoms with Gasteiger partial charge in [0, 0.05) is 17.4 Å². The van der Waals surface area contributed by atoms with Crippen molar-refractivity contribution in [3.8, 4) is 11.5 Å². The largest absolute Gasteiger partial charge is 0.504 e. The molecule has 4 nitrogen and oxygen atoms in total. The van der Waals surface area contributed by atoms with E-state index in [1.807, 2.05) is 0 Å². The number of alkyl halides is 1. The molecule has 0 saturated heterocycles. The average molecular weight is 342 g/mol. The molecule has 0 radical (unpaired) electrons. The number of methoxy groups -OCH3 is 1. The fraction of sp³-hybridized carbons (Fsp3) is 0.533. The van der Waals surface area contributed by atoms with Crippen LogP contribution in [0.25, 0.3) is 0 Å². The van der Waals surface area contributed by atoms with E-state index >= 15 is 0 Å². The minimum absolute atomic E-state index is 0.0174. The molecule has 1 aromatic carbocycles. The lowest BCUT2D eigenvalue weighted by molar-refractivity contribution is 0.0935. The molecular weight excluding hydrogens is 322 g/mol. The number of benzene rings is 1. The van der Waals surface area contributed by atoms with Gasteiger partial charge in [0.2, 0.25) is 0 Å². The number of hydrogen-bond donors (Lipinski definition) is 2. The van der Waals surface area contributed by atoms with Crippen molar-refractivity contribution in [2.75, 3.05) is 19.0 Å². The van der Waals surface area contributed by atoms with Gasteiger partial charge in [-0.05, 0) is 36.5 Å². The summed E-state index contributed by atoms with van der Waals surface area (Å²) < 4.78 is 4.97. The monoisotopic (exact) mass is 341 g/mol. The van der Waals surface area contributed by atoms with Gasteiger partial charge in [-0.15, -0.1) is 0 Å². The first-order chi connectivity index (χ1) is 9.60. The molecule has 1 aliphatic carbocycles. The first-order valence-corrected chi connectivity index (χ1v) is 7.93. The molecule has 1 saturated carbocycles. The van der Waals surface area contributed by atoms with E-state index < -0.39 is 0 Å². The van der Waals surface area contributed by atoms with Crippen LogP contribution in [0.4, 0.5) is 0 Å². The minimum Gasteiger partial charge on any atom is -0.504 e. The number of carbonyl (C=O) groups is 1. The van der Waals surface area contributed by atoms with E-state index in [2.05, 4.69) is 21.2 Å². The summed E-state index contributed by atoms with van der Waals surface area (Å²) in [6, 6.07) is 4.69. The number of aromatic hydroxyl groups is 1. The third-order valence-corrected chi connectivity index (χ3v) is 5.20. The lowest BCUT2D eigenvalue weighted by Gasteiger charge is -2.26. The van der Waals surface area contributed by atoms with E-state index in [9.17, 15) is 9.90 Å². The van der Waals surface area contributed by atoms with Gasteiger partial charge in [0.05, 0.1) is 7.11 Å². The topological polar surface area (TPSA) is 58.6 Å². The molecule has 110 valence electrons. The van der Waals surface area contributed by atoms with Gasteiger partial charge in [0.15, 0.2) is 11.5 Å². The number of amides is 1. The van der Waals surface area contributed by atoms with E-state index in [1.54, 1.807) is 12.1 Å². The summed E-state index contributed by atoms with van der Waals surface area (Å²) in [6.45, 7) is 0.671. The van der Waals surface area contributed by atoms with E-state index in [0.29, 0.717) is 17.9 Å². The smallest absolute Gasteiger partial charge is 0.251 e. The van der Waals surface area contributed by atoms with Crippen molar-refractivity contribution in [1.82, 2.24) is 5.32 Å². The second-order valence-electron chi connectivity index (χ2n) is 5.41. The minimum atomic E-state index is -0.157. The first-order valence-electron chi connectivity index (χ1n) is 6.81. The molecule has 1 aromatic rings. The Hall–Kier alpha value is -1.23. The quantitative estimate of drug-likeness (QED) is 0.809. The average Bonchev–Trinajstić information content (AvgIpc) is 2.94. The highest BCUT2D eigenvalue weighted by Crippen LogP contribution is 2.39. The van der Waals surface area contributed by atoms with Crippen molar-refractivity contribution in [1.29, 1.82) is 0 Å². The Morgan fingerprint density at radius 3 is 2.70 bits per heavy atom. The summed E-state index contributed by atoms with van der Waals surface area (Å²) >= 11 is 3.56.